The summed E-state index contributed by atoms with van der Waals surface area (Å²) in [4.78, 5) is 0. The summed E-state index contributed by atoms with van der Waals surface area (Å²) in [5.74, 6) is 0. The molecule has 0 saturated heterocycles. The smallest absolute Gasteiger partial charge is 0.180 e. The second kappa shape index (κ2) is 36.0. The lowest BCUT2D eigenvalue weighted by atomic mass is 10.1. The highest BCUT2D eigenvalue weighted by atomic mass is 16.8. The molecule has 2 aromatic rings. The lowest BCUT2D eigenvalue weighted by Gasteiger charge is -2.22. The van der Waals surface area contributed by atoms with E-state index in [0.29, 0.717) is 39.6 Å². The van der Waals surface area contributed by atoms with Crippen LogP contribution in [0.25, 0.3) is 0 Å². The van der Waals surface area contributed by atoms with E-state index in [0.717, 1.165) is 62.5 Å². The number of ether oxygens (including phenoxy) is 7. The van der Waals surface area contributed by atoms with E-state index in [9.17, 15) is 0 Å². The summed E-state index contributed by atoms with van der Waals surface area (Å²) in [6, 6.07) is 20.6. The first-order chi connectivity index (χ1) is 27.2. The van der Waals surface area contributed by atoms with Gasteiger partial charge in [0.2, 0.25) is 0 Å². The van der Waals surface area contributed by atoms with Gasteiger partial charge in [0, 0.05) is 26.4 Å². The fourth-order valence-electron chi connectivity index (χ4n) is 6.42. The quantitative estimate of drug-likeness (QED) is 0.0383. The molecule has 0 bridgehead atoms. The van der Waals surface area contributed by atoms with E-state index < -0.39 is 12.6 Å². The van der Waals surface area contributed by atoms with Gasteiger partial charge in [-0.2, -0.15) is 0 Å². The molecule has 7 heteroatoms. The van der Waals surface area contributed by atoms with Gasteiger partial charge in [0.1, 0.15) is 0 Å². The van der Waals surface area contributed by atoms with Gasteiger partial charge >= 0.3 is 0 Å². The molecule has 0 aliphatic heterocycles. The van der Waals surface area contributed by atoms with Gasteiger partial charge in [0.25, 0.3) is 0 Å². The normalized spacial score (nSPS) is 13.2. The summed E-state index contributed by atoms with van der Waals surface area (Å²) in [6.45, 7) is 11.9. The number of unbranched alkanes of at least 4 members (excludes halogenated alkanes) is 14. The molecule has 0 heterocycles. The molecule has 0 N–H and O–H groups in total. The molecule has 0 aromatic heterocycles. The second-order valence-corrected chi connectivity index (χ2v) is 14.1. The third kappa shape index (κ3) is 27.8. The zero-order valence-electron chi connectivity index (χ0n) is 35.2. The average molecular weight is 767 g/mol. The lowest BCUT2D eigenvalue weighted by Crippen LogP contribution is -2.24. The summed E-state index contributed by atoms with van der Waals surface area (Å²) in [5.41, 5.74) is 2.24. The molecule has 2 atom stereocenters. The molecule has 0 amide bonds. The van der Waals surface area contributed by atoms with Crippen LogP contribution < -0.4 is 0 Å². The first kappa shape index (κ1) is 48.8. The van der Waals surface area contributed by atoms with Crippen LogP contribution in [0.1, 0.15) is 154 Å². The maximum absolute atomic E-state index is 6.50. The highest BCUT2D eigenvalue weighted by molar-refractivity contribution is 5.14. The SMILES string of the molecule is CCOC(CCCCCCCCCC=CC(OCc1ccccc1)OC(C=CCCCCCCCCCC(OCC)OCC)OCc1ccccc1)OCC. The minimum Gasteiger partial charge on any atom is -0.353 e. The van der Waals surface area contributed by atoms with E-state index in [1.165, 1.54) is 64.2 Å². The first-order valence-electron chi connectivity index (χ1n) is 21.9. The van der Waals surface area contributed by atoms with E-state index in [4.69, 9.17) is 33.2 Å². The van der Waals surface area contributed by atoms with Crippen LogP contribution in [0.15, 0.2) is 85.0 Å². The van der Waals surface area contributed by atoms with Crippen molar-refractivity contribution >= 4 is 0 Å². The standard InChI is InChI=1S/C48H78O7/c1-5-49-45(50-6-2)37-29-19-15-11-9-13-17-21-31-39-47(53-41-43-33-25-23-26-34-43)55-48(54-42-44-35-27-24-28-36-44)40-32-22-18-14-10-12-16-20-30-38-46(51-7-3)52-8-4/h23-28,31-36,39-40,45-48H,5-22,29-30,37-38,41-42H2,1-4H3. The predicted molar refractivity (Wildman–Crippen MR) is 227 cm³/mol. The Morgan fingerprint density at radius 1 is 0.400 bits per heavy atom. The van der Waals surface area contributed by atoms with E-state index >= 15 is 0 Å². The number of hydrogen-bond acceptors (Lipinski definition) is 7. The van der Waals surface area contributed by atoms with Gasteiger partial charge in [-0.05, 0) is 102 Å². The van der Waals surface area contributed by atoms with Crippen molar-refractivity contribution in [2.24, 2.45) is 0 Å². The molecule has 2 aromatic carbocycles. The van der Waals surface area contributed by atoms with Gasteiger partial charge in [0.05, 0.1) is 13.2 Å². The Kier molecular flexibility index (Phi) is 31.9. The van der Waals surface area contributed by atoms with Gasteiger partial charge in [0.15, 0.2) is 25.2 Å². The van der Waals surface area contributed by atoms with Crippen LogP contribution in [0.3, 0.4) is 0 Å². The lowest BCUT2D eigenvalue weighted by molar-refractivity contribution is -0.215. The first-order valence-corrected chi connectivity index (χ1v) is 21.9. The average Bonchev–Trinajstić information content (AvgIpc) is 3.20. The van der Waals surface area contributed by atoms with Crippen LogP contribution in [0.4, 0.5) is 0 Å². The second-order valence-electron chi connectivity index (χ2n) is 14.1. The number of rotatable bonds is 38. The number of benzene rings is 2. The summed E-state index contributed by atoms with van der Waals surface area (Å²) in [5, 5.41) is 0. The minimum absolute atomic E-state index is 0.0410. The molecule has 0 fully saturated rings. The van der Waals surface area contributed by atoms with Crippen LogP contribution >= 0.6 is 0 Å². The number of allylic oxidation sites excluding steroid dienone is 2. The fraction of sp³-hybridized carbons (Fsp3) is 0.667. The fourth-order valence-corrected chi connectivity index (χ4v) is 6.42. The summed E-state index contributed by atoms with van der Waals surface area (Å²) >= 11 is 0. The zero-order valence-corrected chi connectivity index (χ0v) is 35.2. The highest BCUT2D eigenvalue weighted by Gasteiger charge is 2.15. The van der Waals surface area contributed by atoms with Crippen LogP contribution in [-0.4, -0.2) is 51.6 Å². The monoisotopic (exact) mass is 767 g/mol. The van der Waals surface area contributed by atoms with Crippen molar-refractivity contribution in [3.8, 4) is 0 Å². The molecule has 0 aliphatic carbocycles. The minimum atomic E-state index is -0.514. The largest absolute Gasteiger partial charge is 0.353 e. The summed E-state index contributed by atoms with van der Waals surface area (Å²) in [7, 11) is 0. The van der Waals surface area contributed by atoms with E-state index in [1.807, 2.05) is 64.1 Å². The van der Waals surface area contributed by atoms with Crippen LogP contribution in [-0.2, 0) is 46.4 Å². The summed E-state index contributed by atoms with van der Waals surface area (Å²) in [6.07, 6.45) is 28.7. The molecule has 0 spiro atoms. The molecule has 2 unspecified atom stereocenters. The van der Waals surface area contributed by atoms with E-state index in [1.54, 1.807) is 0 Å². The Balaban J connectivity index is 1.80. The molecular weight excluding hydrogens is 689 g/mol. The topological polar surface area (TPSA) is 64.6 Å². The van der Waals surface area contributed by atoms with Crippen molar-refractivity contribution in [1.29, 1.82) is 0 Å². The Morgan fingerprint density at radius 2 is 0.727 bits per heavy atom. The van der Waals surface area contributed by atoms with Crippen LogP contribution in [0.2, 0.25) is 0 Å². The van der Waals surface area contributed by atoms with Gasteiger partial charge in [-0.1, -0.05) is 137 Å². The molecule has 2 rings (SSSR count). The van der Waals surface area contributed by atoms with Gasteiger partial charge in [-0.25, -0.2) is 0 Å². The van der Waals surface area contributed by atoms with E-state index in [2.05, 4.69) is 48.6 Å². The van der Waals surface area contributed by atoms with E-state index in [-0.39, 0.29) is 12.6 Å². The molecule has 0 aliphatic rings. The van der Waals surface area contributed by atoms with Crippen molar-refractivity contribution in [1.82, 2.24) is 0 Å². The molecule has 7 nitrogen and oxygen atoms in total. The van der Waals surface area contributed by atoms with Crippen molar-refractivity contribution in [3.63, 3.8) is 0 Å². The Bertz CT molecular complexity index is 1040. The highest BCUT2D eigenvalue weighted by Crippen LogP contribution is 2.17. The van der Waals surface area contributed by atoms with Crippen molar-refractivity contribution in [3.05, 3.63) is 96.1 Å². The summed E-state index contributed by atoms with van der Waals surface area (Å²) < 4.78 is 41.8. The van der Waals surface area contributed by atoms with Crippen molar-refractivity contribution in [2.75, 3.05) is 26.4 Å². The molecule has 0 radical (unpaired) electrons. The molecular formula is C48H78O7. The van der Waals surface area contributed by atoms with Crippen molar-refractivity contribution in [2.45, 2.75) is 182 Å². The van der Waals surface area contributed by atoms with Crippen LogP contribution in [0, 0.1) is 0 Å². The Hall–Kier alpha value is -2.36. The van der Waals surface area contributed by atoms with Crippen molar-refractivity contribution < 1.29 is 33.2 Å². The third-order valence-corrected chi connectivity index (χ3v) is 9.40. The Labute approximate surface area is 336 Å². The molecule has 55 heavy (non-hydrogen) atoms. The third-order valence-electron chi connectivity index (χ3n) is 9.40. The molecule has 0 saturated carbocycles. The zero-order chi connectivity index (χ0) is 39.3. The number of hydrogen-bond donors (Lipinski definition) is 0. The maximum Gasteiger partial charge on any atom is 0.180 e. The van der Waals surface area contributed by atoms with Gasteiger partial charge in [-0.15, -0.1) is 0 Å². The van der Waals surface area contributed by atoms with Gasteiger partial charge in [-0.3, -0.25) is 0 Å². The maximum atomic E-state index is 6.50. The molecule has 312 valence electrons. The van der Waals surface area contributed by atoms with Crippen LogP contribution in [0.5, 0.6) is 0 Å². The predicted octanol–water partition coefficient (Wildman–Crippen LogP) is 13.0. The van der Waals surface area contributed by atoms with Gasteiger partial charge < -0.3 is 33.2 Å². The Morgan fingerprint density at radius 3 is 1.07 bits per heavy atom.